The van der Waals surface area contributed by atoms with E-state index < -0.39 is 29.3 Å². The molecule has 0 amide bonds. The normalized spacial score (nSPS) is 18.0. The molecule has 0 saturated carbocycles. The lowest BCUT2D eigenvalue weighted by molar-refractivity contribution is -0.137. The topological polar surface area (TPSA) is 43.7 Å². The molecule has 1 saturated heterocycles. The number of halogens is 4. The quantitative estimate of drug-likeness (QED) is 0.600. The average Bonchev–Trinajstić information content (AvgIpc) is 2.69. The molecule has 0 aromatic heterocycles. The summed E-state index contributed by atoms with van der Waals surface area (Å²) in [6.07, 6.45) is -4.90. The van der Waals surface area contributed by atoms with Crippen molar-refractivity contribution < 1.29 is 27.8 Å². The molecular weight excluding hydrogens is 386 g/mol. The Morgan fingerprint density at radius 1 is 1.07 bits per heavy atom. The van der Waals surface area contributed by atoms with Crippen molar-refractivity contribution in [1.29, 1.82) is 0 Å². The molecule has 0 radical (unpaired) electrons. The van der Waals surface area contributed by atoms with Gasteiger partial charge in [-0.15, -0.1) is 0 Å². The van der Waals surface area contributed by atoms with E-state index in [-0.39, 0.29) is 18.4 Å². The highest BCUT2D eigenvalue weighted by Crippen LogP contribution is 2.36. The molecule has 2 aromatic rings. The highest BCUT2D eigenvalue weighted by molar-refractivity contribution is 5.30. The average molecular weight is 407 g/mol. The number of aliphatic hydroxyl groups excluding tert-OH is 1. The second-order valence-electron chi connectivity index (χ2n) is 7.16. The lowest BCUT2D eigenvalue weighted by atomic mass is 9.84. The summed E-state index contributed by atoms with van der Waals surface area (Å²) in [6, 6.07) is 10.3. The molecule has 2 aromatic carbocycles. The fourth-order valence-corrected chi connectivity index (χ4v) is 3.34. The van der Waals surface area contributed by atoms with Gasteiger partial charge < -0.3 is 10.2 Å². The summed E-state index contributed by atoms with van der Waals surface area (Å²) >= 11 is 0. The van der Waals surface area contributed by atoms with E-state index in [4.69, 9.17) is 0 Å². The Kier molecular flexibility index (Phi) is 6.27. The fraction of sp³-hybridized carbons (Fsp3) is 0.364. The Morgan fingerprint density at radius 3 is 2.34 bits per heavy atom. The summed E-state index contributed by atoms with van der Waals surface area (Å²) in [6.45, 7) is 1.29. The van der Waals surface area contributed by atoms with E-state index in [1.807, 2.05) is 4.90 Å². The number of nitrogens with zero attached hydrogens (tertiary/aromatic N) is 1. The van der Waals surface area contributed by atoms with Gasteiger partial charge in [-0.3, -0.25) is 4.90 Å². The van der Waals surface area contributed by atoms with E-state index in [0.29, 0.717) is 25.2 Å². The zero-order chi connectivity index (χ0) is 21.1. The zero-order valence-electron chi connectivity index (χ0n) is 15.6. The molecular formula is C22H21F4NO2. The fourth-order valence-electron chi connectivity index (χ4n) is 3.34. The number of aliphatic hydroxyl groups is 2. The van der Waals surface area contributed by atoms with E-state index in [0.717, 1.165) is 12.1 Å². The minimum Gasteiger partial charge on any atom is -0.385 e. The SMILES string of the molecule is OC(C#CCN1CCC(O)(c2cccc(C(F)(F)F)c2)CC1)c1ccc(F)cc1. The number of rotatable bonds is 3. The zero-order valence-corrected chi connectivity index (χ0v) is 15.6. The van der Waals surface area contributed by atoms with Crippen LogP contribution in [0.4, 0.5) is 17.6 Å². The van der Waals surface area contributed by atoms with E-state index in [2.05, 4.69) is 11.8 Å². The van der Waals surface area contributed by atoms with Gasteiger partial charge in [0.05, 0.1) is 17.7 Å². The molecule has 1 atom stereocenters. The smallest absolute Gasteiger partial charge is 0.385 e. The summed E-state index contributed by atoms with van der Waals surface area (Å²) in [7, 11) is 0. The number of hydrogen-bond acceptors (Lipinski definition) is 3. The van der Waals surface area contributed by atoms with Crippen molar-refractivity contribution in [3.8, 4) is 11.8 Å². The van der Waals surface area contributed by atoms with Crippen molar-refractivity contribution in [2.24, 2.45) is 0 Å². The molecule has 1 heterocycles. The molecule has 2 N–H and O–H groups in total. The van der Waals surface area contributed by atoms with Crippen molar-refractivity contribution >= 4 is 0 Å². The number of hydrogen-bond donors (Lipinski definition) is 2. The van der Waals surface area contributed by atoms with Crippen LogP contribution in [-0.4, -0.2) is 34.7 Å². The Labute approximate surface area is 166 Å². The Morgan fingerprint density at radius 2 is 1.72 bits per heavy atom. The first-order valence-corrected chi connectivity index (χ1v) is 9.22. The van der Waals surface area contributed by atoms with Crippen LogP contribution in [-0.2, 0) is 11.8 Å². The minimum absolute atomic E-state index is 0.268. The second kappa shape index (κ2) is 8.54. The Hall–Kier alpha value is -2.40. The molecule has 1 fully saturated rings. The van der Waals surface area contributed by atoms with Crippen LogP contribution >= 0.6 is 0 Å². The Bertz CT molecular complexity index is 892. The minimum atomic E-state index is -4.45. The predicted molar refractivity (Wildman–Crippen MR) is 100 cm³/mol. The van der Waals surface area contributed by atoms with E-state index in [9.17, 15) is 27.8 Å². The summed E-state index contributed by atoms with van der Waals surface area (Å²) in [5.74, 6) is 5.17. The molecule has 3 nitrogen and oxygen atoms in total. The van der Waals surface area contributed by atoms with Crippen molar-refractivity contribution in [2.75, 3.05) is 19.6 Å². The second-order valence-corrected chi connectivity index (χ2v) is 7.16. The van der Waals surface area contributed by atoms with Gasteiger partial charge in [-0.05, 0) is 48.2 Å². The van der Waals surface area contributed by atoms with Crippen LogP contribution in [0.2, 0.25) is 0 Å². The van der Waals surface area contributed by atoms with Crippen LogP contribution in [0.25, 0.3) is 0 Å². The first kappa shape index (κ1) is 21.3. The largest absolute Gasteiger partial charge is 0.416 e. The van der Waals surface area contributed by atoms with Crippen LogP contribution in [0, 0.1) is 17.7 Å². The van der Waals surface area contributed by atoms with Crippen molar-refractivity contribution in [3.63, 3.8) is 0 Å². The summed E-state index contributed by atoms with van der Waals surface area (Å²) in [5.41, 5.74) is -1.31. The van der Waals surface area contributed by atoms with Crippen molar-refractivity contribution in [2.45, 2.75) is 30.7 Å². The van der Waals surface area contributed by atoms with E-state index in [1.165, 1.54) is 36.4 Å². The molecule has 7 heteroatoms. The number of benzene rings is 2. The van der Waals surface area contributed by atoms with Gasteiger partial charge in [0.25, 0.3) is 0 Å². The van der Waals surface area contributed by atoms with Gasteiger partial charge in [0.15, 0.2) is 0 Å². The van der Waals surface area contributed by atoms with Crippen molar-refractivity contribution in [1.82, 2.24) is 4.90 Å². The highest BCUT2D eigenvalue weighted by atomic mass is 19.4. The molecule has 29 heavy (non-hydrogen) atoms. The monoisotopic (exact) mass is 407 g/mol. The van der Waals surface area contributed by atoms with E-state index in [1.54, 1.807) is 0 Å². The third-order valence-electron chi connectivity index (χ3n) is 5.14. The first-order valence-electron chi connectivity index (χ1n) is 9.22. The number of piperidine rings is 1. The summed E-state index contributed by atoms with van der Waals surface area (Å²) in [4.78, 5) is 1.96. The molecule has 0 spiro atoms. The Balaban J connectivity index is 1.57. The van der Waals surface area contributed by atoms with Gasteiger partial charge >= 0.3 is 6.18 Å². The maximum absolute atomic E-state index is 12.9. The third-order valence-corrected chi connectivity index (χ3v) is 5.14. The molecule has 0 bridgehead atoms. The molecule has 1 aliphatic rings. The first-order chi connectivity index (χ1) is 13.7. The molecule has 1 aliphatic heterocycles. The maximum atomic E-state index is 12.9. The lowest BCUT2D eigenvalue weighted by Gasteiger charge is -2.38. The summed E-state index contributed by atoms with van der Waals surface area (Å²) < 4.78 is 51.7. The number of alkyl halides is 3. The van der Waals surface area contributed by atoms with Crippen LogP contribution < -0.4 is 0 Å². The van der Waals surface area contributed by atoms with Gasteiger partial charge in [-0.25, -0.2) is 4.39 Å². The van der Waals surface area contributed by atoms with Gasteiger partial charge in [-0.2, -0.15) is 13.2 Å². The van der Waals surface area contributed by atoms with Crippen LogP contribution in [0.15, 0.2) is 48.5 Å². The molecule has 3 rings (SSSR count). The van der Waals surface area contributed by atoms with Crippen LogP contribution in [0.5, 0.6) is 0 Å². The van der Waals surface area contributed by atoms with Crippen LogP contribution in [0.3, 0.4) is 0 Å². The molecule has 154 valence electrons. The predicted octanol–water partition coefficient (Wildman–Crippen LogP) is 3.86. The van der Waals surface area contributed by atoms with E-state index >= 15 is 0 Å². The van der Waals surface area contributed by atoms with Gasteiger partial charge in [0.2, 0.25) is 0 Å². The highest BCUT2D eigenvalue weighted by Gasteiger charge is 2.36. The van der Waals surface area contributed by atoms with Gasteiger partial charge in [-0.1, -0.05) is 36.1 Å². The lowest BCUT2D eigenvalue weighted by Crippen LogP contribution is -2.42. The maximum Gasteiger partial charge on any atom is 0.416 e. The number of likely N-dealkylation sites (tertiary alicyclic amines) is 1. The van der Waals surface area contributed by atoms with Gasteiger partial charge in [0.1, 0.15) is 11.9 Å². The van der Waals surface area contributed by atoms with Gasteiger partial charge in [0, 0.05) is 13.1 Å². The molecule has 0 aliphatic carbocycles. The third kappa shape index (κ3) is 5.36. The summed E-state index contributed by atoms with van der Waals surface area (Å²) in [5, 5.41) is 20.9. The molecule has 1 unspecified atom stereocenters. The van der Waals surface area contributed by atoms with Crippen molar-refractivity contribution in [3.05, 3.63) is 71.0 Å². The standard InChI is InChI=1S/C22H21F4NO2/c23-19-8-6-16(7-9-19)20(28)5-2-12-27-13-10-21(29,11-14-27)17-3-1-4-18(15-17)22(24,25)26/h1,3-4,6-9,15,20,28-29H,10-14H2. The van der Waals surface area contributed by atoms with Crippen LogP contribution in [0.1, 0.15) is 35.6 Å².